The largest absolute Gasteiger partial charge is 0.480 e. The summed E-state index contributed by atoms with van der Waals surface area (Å²) < 4.78 is 10.8. The highest BCUT2D eigenvalue weighted by Gasteiger charge is 2.28. The summed E-state index contributed by atoms with van der Waals surface area (Å²) in [5, 5.41) is 2.79. The summed E-state index contributed by atoms with van der Waals surface area (Å²) in [6.07, 6.45) is 0.211. The number of para-hydroxylation sites is 1. The van der Waals surface area contributed by atoms with E-state index in [1.54, 1.807) is 0 Å². The van der Waals surface area contributed by atoms with E-state index in [2.05, 4.69) is 5.32 Å². The van der Waals surface area contributed by atoms with Gasteiger partial charge in [0.25, 0.3) is 5.91 Å². The first kappa shape index (κ1) is 12.9. The van der Waals surface area contributed by atoms with Crippen molar-refractivity contribution >= 4 is 5.91 Å². The standard InChI is InChI=1S/C13H18N2O3/c14-5-7-17-8-6-15-13(16)12-9-10-3-1-2-4-11(10)18-12/h1-4,12H,5-9,14H2,(H,15,16). The van der Waals surface area contributed by atoms with Crippen molar-refractivity contribution in [1.29, 1.82) is 0 Å². The van der Waals surface area contributed by atoms with Gasteiger partial charge >= 0.3 is 0 Å². The van der Waals surface area contributed by atoms with Crippen LogP contribution in [0, 0.1) is 0 Å². The van der Waals surface area contributed by atoms with E-state index < -0.39 is 6.10 Å². The molecule has 5 nitrogen and oxygen atoms in total. The molecule has 1 aromatic rings. The van der Waals surface area contributed by atoms with Crippen LogP contribution in [-0.2, 0) is 16.0 Å². The van der Waals surface area contributed by atoms with Crippen LogP contribution in [0.5, 0.6) is 5.75 Å². The van der Waals surface area contributed by atoms with Gasteiger partial charge in [0.05, 0.1) is 13.2 Å². The number of amides is 1. The highest BCUT2D eigenvalue weighted by molar-refractivity contribution is 5.82. The summed E-state index contributed by atoms with van der Waals surface area (Å²) >= 11 is 0. The summed E-state index contributed by atoms with van der Waals surface area (Å²) in [6.45, 7) is 1.97. The van der Waals surface area contributed by atoms with E-state index in [-0.39, 0.29) is 5.91 Å². The Hall–Kier alpha value is -1.59. The Bertz CT molecular complexity index is 384. The fourth-order valence-corrected chi connectivity index (χ4v) is 1.87. The average molecular weight is 250 g/mol. The molecule has 98 valence electrons. The van der Waals surface area contributed by atoms with Crippen molar-refractivity contribution < 1.29 is 14.3 Å². The van der Waals surface area contributed by atoms with Crippen LogP contribution in [-0.4, -0.2) is 38.3 Å². The van der Waals surface area contributed by atoms with Crippen LogP contribution >= 0.6 is 0 Å². The van der Waals surface area contributed by atoms with Crippen LogP contribution < -0.4 is 15.8 Å². The molecule has 18 heavy (non-hydrogen) atoms. The minimum absolute atomic E-state index is 0.0949. The van der Waals surface area contributed by atoms with Gasteiger partial charge in [-0.1, -0.05) is 18.2 Å². The molecule has 0 fully saturated rings. The van der Waals surface area contributed by atoms with Gasteiger partial charge < -0.3 is 20.5 Å². The third-order valence-electron chi connectivity index (χ3n) is 2.75. The van der Waals surface area contributed by atoms with Crippen LogP contribution in [0.15, 0.2) is 24.3 Å². The van der Waals surface area contributed by atoms with Crippen LogP contribution in [0.3, 0.4) is 0 Å². The summed E-state index contributed by atoms with van der Waals surface area (Å²) in [6, 6.07) is 7.71. The van der Waals surface area contributed by atoms with E-state index in [0.717, 1.165) is 11.3 Å². The first-order valence-corrected chi connectivity index (χ1v) is 6.11. The molecule has 1 heterocycles. The Balaban J connectivity index is 1.72. The highest BCUT2D eigenvalue weighted by Crippen LogP contribution is 2.27. The lowest BCUT2D eigenvalue weighted by Crippen LogP contribution is -2.39. The predicted octanol–water partition coefficient (Wildman–Crippen LogP) is 0.0816. The zero-order chi connectivity index (χ0) is 12.8. The monoisotopic (exact) mass is 250 g/mol. The molecule has 0 spiro atoms. The molecule has 2 rings (SSSR count). The van der Waals surface area contributed by atoms with Crippen molar-refractivity contribution in [2.75, 3.05) is 26.3 Å². The normalized spacial score (nSPS) is 17.1. The summed E-state index contributed by atoms with van der Waals surface area (Å²) in [4.78, 5) is 11.8. The summed E-state index contributed by atoms with van der Waals surface area (Å²) in [5.41, 5.74) is 6.37. The molecule has 0 saturated heterocycles. The molecule has 0 radical (unpaired) electrons. The molecule has 5 heteroatoms. The third kappa shape index (κ3) is 3.21. The van der Waals surface area contributed by atoms with E-state index >= 15 is 0 Å². The lowest BCUT2D eigenvalue weighted by atomic mass is 10.1. The van der Waals surface area contributed by atoms with E-state index in [9.17, 15) is 4.79 Å². The Kier molecular flexibility index (Phi) is 4.55. The van der Waals surface area contributed by atoms with Crippen LogP contribution in [0.25, 0.3) is 0 Å². The number of nitrogens with two attached hydrogens (primary N) is 1. The zero-order valence-electron chi connectivity index (χ0n) is 10.2. The molecule has 0 saturated carbocycles. The van der Waals surface area contributed by atoms with E-state index in [1.807, 2.05) is 24.3 Å². The first-order chi connectivity index (χ1) is 8.81. The van der Waals surface area contributed by atoms with Gasteiger partial charge in [0.1, 0.15) is 5.75 Å². The maximum atomic E-state index is 11.8. The average Bonchev–Trinajstić information content (AvgIpc) is 2.82. The van der Waals surface area contributed by atoms with Gasteiger partial charge in [-0.25, -0.2) is 0 Å². The Morgan fingerprint density at radius 3 is 3.06 bits per heavy atom. The van der Waals surface area contributed by atoms with Gasteiger partial charge in [0, 0.05) is 19.5 Å². The number of hydrogen-bond acceptors (Lipinski definition) is 4. The Labute approximate surface area is 106 Å². The van der Waals surface area contributed by atoms with Crippen molar-refractivity contribution in [2.45, 2.75) is 12.5 Å². The molecule has 0 aliphatic carbocycles. The maximum absolute atomic E-state index is 11.8. The minimum Gasteiger partial charge on any atom is -0.480 e. The second kappa shape index (κ2) is 6.37. The van der Waals surface area contributed by atoms with Crippen molar-refractivity contribution in [2.24, 2.45) is 5.73 Å². The Morgan fingerprint density at radius 2 is 2.28 bits per heavy atom. The summed E-state index contributed by atoms with van der Waals surface area (Å²) in [5.74, 6) is 0.708. The number of carbonyl (C=O) groups is 1. The minimum atomic E-state index is -0.420. The number of benzene rings is 1. The molecule has 1 aliphatic rings. The molecule has 1 amide bonds. The number of hydrogen-bond donors (Lipinski definition) is 2. The summed E-state index contributed by atoms with van der Waals surface area (Å²) in [7, 11) is 0. The first-order valence-electron chi connectivity index (χ1n) is 6.11. The van der Waals surface area contributed by atoms with E-state index in [4.69, 9.17) is 15.2 Å². The molecule has 1 unspecified atom stereocenters. The van der Waals surface area contributed by atoms with Gasteiger partial charge in [-0.2, -0.15) is 0 Å². The number of rotatable bonds is 6. The van der Waals surface area contributed by atoms with Gasteiger partial charge in [0.15, 0.2) is 6.10 Å². The predicted molar refractivity (Wildman–Crippen MR) is 67.4 cm³/mol. The van der Waals surface area contributed by atoms with Crippen molar-refractivity contribution in [3.05, 3.63) is 29.8 Å². The van der Waals surface area contributed by atoms with E-state index in [0.29, 0.717) is 32.7 Å². The van der Waals surface area contributed by atoms with Crippen LogP contribution in [0.4, 0.5) is 0 Å². The van der Waals surface area contributed by atoms with Gasteiger partial charge in [-0.05, 0) is 11.6 Å². The zero-order valence-corrected chi connectivity index (χ0v) is 10.2. The smallest absolute Gasteiger partial charge is 0.261 e. The second-order valence-electron chi connectivity index (χ2n) is 4.11. The molecule has 3 N–H and O–H groups in total. The molecule has 1 atom stereocenters. The maximum Gasteiger partial charge on any atom is 0.261 e. The van der Waals surface area contributed by atoms with Crippen LogP contribution in [0.1, 0.15) is 5.56 Å². The number of ether oxygens (including phenoxy) is 2. The Morgan fingerprint density at radius 1 is 1.44 bits per heavy atom. The van der Waals surface area contributed by atoms with E-state index in [1.165, 1.54) is 0 Å². The molecule has 0 aromatic heterocycles. The number of fused-ring (bicyclic) bond motifs is 1. The number of carbonyl (C=O) groups excluding carboxylic acids is 1. The fourth-order valence-electron chi connectivity index (χ4n) is 1.87. The molecule has 1 aliphatic heterocycles. The molecule has 1 aromatic carbocycles. The van der Waals surface area contributed by atoms with Crippen molar-refractivity contribution in [1.82, 2.24) is 5.32 Å². The van der Waals surface area contributed by atoms with Crippen molar-refractivity contribution in [3.63, 3.8) is 0 Å². The highest BCUT2D eigenvalue weighted by atomic mass is 16.5. The van der Waals surface area contributed by atoms with Crippen molar-refractivity contribution in [3.8, 4) is 5.75 Å². The molecule has 0 bridgehead atoms. The molecular formula is C13H18N2O3. The quantitative estimate of drug-likeness (QED) is 0.701. The SMILES string of the molecule is NCCOCCNC(=O)C1Cc2ccccc2O1. The lowest BCUT2D eigenvalue weighted by Gasteiger charge is -2.11. The fraction of sp³-hybridized carbons (Fsp3) is 0.462. The molecular weight excluding hydrogens is 232 g/mol. The lowest BCUT2D eigenvalue weighted by molar-refractivity contribution is -0.127. The van der Waals surface area contributed by atoms with Crippen LogP contribution in [0.2, 0.25) is 0 Å². The van der Waals surface area contributed by atoms with Gasteiger partial charge in [-0.3, -0.25) is 4.79 Å². The topological polar surface area (TPSA) is 73.6 Å². The number of nitrogens with one attached hydrogen (secondary N) is 1. The second-order valence-corrected chi connectivity index (χ2v) is 4.11. The van der Waals surface area contributed by atoms with Gasteiger partial charge in [0.2, 0.25) is 0 Å². The van der Waals surface area contributed by atoms with Gasteiger partial charge in [-0.15, -0.1) is 0 Å². The third-order valence-corrected chi connectivity index (χ3v) is 2.75.